The van der Waals surface area contributed by atoms with Gasteiger partial charge in [-0.15, -0.1) is 0 Å². The Morgan fingerprint density at radius 1 is 1.21 bits per heavy atom. The lowest BCUT2D eigenvalue weighted by molar-refractivity contribution is -0.147. The fourth-order valence-corrected chi connectivity index (χ4v) is 3.64. The summed E-state index contributed by atoms with van der Waals surface area (Å²) in [6.07, 6.45) is 2.55. The van der Waals surface area contributed by atoms with Crippen molar-refractivity contribution in [3.8, 4) is 0 Å². The van der Waals surface area contributed by atoms with Crippen LogP contribution in [0, 0.1) is 11.3 Å². The summed E-state index contributed by atoms with van der Waals surface area (Å²) in [7, 11) is 1.38. The monoisotopic (exact) mass is 341 g/mol. The van der Waals surface area contributed by atoms with Crippen molar-refractivity contribution < 1.29 is 23.9 Å². The molecule has 0 aromatic heterocycles. The van der Waals surface area contributed by atoms with Gasteiger partial charge in [0.15, 0.2) is 0 Å². The molecule has 1 rings (SSSR count). The molecule has 0 N–H and O–H groups in total. The Morgan fingerprint density at radius 2 is 1.88 bits per heavy atom. The molecule has 0 saturated carbocycles. The average Bonchev–Trinajstić information content (AvgIpc) is 2.53. The number of hydrogen-bond acceptors (Lipinski definition) is 5. The third kappa shape index (κ3) is 5.21. The van der Waals surface area contributed by atoms with Crippen LogP contribution in [0.25, 0.3) is 0 Å². The fourth-order valence-electron chi connectivity index (χ4n) is 3.64. The molecule has 24 heavy (non-hydrogen) atoms. The normalized spacial score (nSPS) is 21.3. The average molecular weight is 341 g/mol. The molecule has 1 aliphatic heterocycles. The van der Waals surface area contributed by atoms with Crippen LogP contribution in [0.3, 0.4) is 0 Å². The highest BCUT2D eigenvalue weighted by Gasteiger charge is 2.42. The molecule has 0 aliphatic carbocycles. The number of likely N-dealkylation sites (tertiary alicyclic amines) is 1. The Labute approximate surface area is 144 Å². The second kappa shape index (κ2) is 9.04. The molecule has 0 aromatic rings. The summed E-state index contributed by atoms with van der Waals surface area (Å²) in [6, 6.07) is -0.0743. The number of rotatable bonds is 7. The number of esters is 1. The number of hydrogen-bond donors (Lipinski definition) is 0. The highest BCUT2D eigenvalue weighted by Crippen LogP contribution is 2.38. The summed E-state index contributed by atoms with van der Waals surface area (Å²) in [5.74, 6) is -0.769. The molecule has 2 unspecified atom stereocenters. The summed E-state index contributed by atoms with van der Waals surface area (Å²) >= 11 is 0. The molecule has 0 aromatic carbocycles. The minimum Gasteiger partial charge on any atom is -0.466 e. The van der Waals surface area contributed by atoms with Crippen molar-refractivity contribution >= 4 is 17.8 Å². The topological polar surface area (TPSA) is 72.9 Å². The van der Waals surface area contributed by atoms with Crippen molar-refractivity contribution in [2.24, 2.45) is 11.3 Å². The van der Waals surface area contributed by atoms with Gasteiger partial charge < -0.3 is 14.4 Å². The van der Waals surface area contributed by atoms with Gasteiger partial charge in [-0.3, -0.25) is 9.59 Å². The van der Waals surface area contributed by atoms with E-state index in [1.54, 1.807) is 11.8 Å². The summed E-state index contributed by atoms with van der Waals surface area (Å²) in [5, 5.41) is 0. The number of carbonyl (C=O) groups excluding carboxylic acids is 3. The number of Topliss-reactive ketones (excluding diaryl/α,β-unsaturated/α-hetero) is 1. The summed E-state index contributed by atoms with van der Waals surface area (Å²) in [6.45, 7) is 8.82. The van der Waals surface area contributed by atoms with Crippen molar-refractivity contribution in [3.05, 3.63) is 0 Å². The maximum absolute atomic E-state index is 12.4. The van der Waals surface area contributed by atoms with E-state index in [0.29, 0.717) is 19.4 Å². The second-order valence-electron chi connectivity index (χ2n) is 7.09. The van der Waals surface area contributed by atoms with Gasteiger partial charge in [0.25, 0.3) is 0 Å². The van der Waals surface area contributed by atoms with E-state index < -0.39 is 5.97 Å². The van der Waals surface area contributed by atoms with E-state index in [2.05, 4.69) is 20.8 Å². The van der Waals surface area contributed by atoms with E-state index in [1.165, 1.54) is 7.11 Å². The first-order chi connectivity index (χ1) is 11.3. The van der Waals surface area contributed by atoms with Crippen molar-refractivity contribution in [2.75, 3.05) is 20.3 Å². The zero-order valence-electron chi connectivity index (χ0n) is 15.6. The first-order valence-corrected chi connectivity index (χ1v) is 8.79. The maximum Gasteiger partial charge on any atom is 0.409 e. The molecule has 0 spiro atoms. The molecule has 6 heteroatoms. The smallest absolute Gasteiger partial charge is 0.409 e. The number of methoxy groups -OCH3 is 1. The van der Waals surface area contributed by atoms with Crippen LogP contribution in [0.1, 0.15) is 59.8 Å². The highest BCUT2D eigenvalue weighted by atomic mass is 16.5. The van der Waals surface area contributed by atoms with Gasteiger partial charge in [-0.2, -0.15) is 0 Å². The fraction of sp³-hybridized carbons (Fsp3) is 0.833. The van der Waals surface area contributed by atoms with Crippen molar-refractivity contribution in [3.63, 3.8) is 0 Å². The van der Waals surface area contributed by atoms with Gasteiger partial charge in [-0.05, 0) is 31.6 Å². The number of amides is 1. The van der Waals surface area contributed by atoms with Gasteiger partial charge in [-0.25, -0.2) is 4.79 Å². The Bertz CT molecular complexity index is 460. The van der Waals surface area contributed by atoms with Crippen LogP contribution >= 0.6 is 0 Å². The molecule has 1 aliphatic rings. The van der Waals surface area contributed by atoms with Crippen LogP contribution in [0.2, 0.25) is 0 Å². The number of piperidine rings is 1. The van der Waals surface area contributed by atoms with E-state index in [0.717, 1.165) is 12.8 Å². The number of ether oxygens (including phenoxy) is 2. The third-order valence-electron chi connectivity index (χ3n) is 4.89. The van der Waals surface area contributed by atoms with Crippen LogP contribution in [0.4, 0.5) is 4.79 Å². The molecule has 1 fully saturated rings. The largest absolute Gasteiger partial charge is 0.466 e. The number of carbonyl (C=O) groups is 3. The third-order valence-corrected chi connectivity index (χ3v) is 4.89. The molecular weight excluding hydrogens is 310 g/mol. The van der Waals surface area contributed by atoms with Gasteiger partial charge in [0.2, 0.25) is 0 Å². The summed E-state index contributed by atoms with van der Waals surface area (Å²) < 4.78 is 9.78. The SMILES string of the molecule is CCCC(C)(C)C1CC(C(=O)CC(=O)OCC)CCN1C(=O)OC. The maximum atomic E-state index is 12.4. The number of nitrogens with zero attached hydrogens (tertiary/aromatic N) is 1. The van der Waals surface area contributed by atoms with Crippen molar-refractivity contribution in [1.29, 1.82) is 0 Å². The Morgan fingerprint density at radius 3 is 2.42 bits per heavy atom. The Hall–Kier alpha value is -1.59. The van der Waals surface area contributed by atoms with E-state index in [9.17, 15) is 14.4 Å². The molecule has 6 nitrogen and oxygen atoms in total. The van der Waals surface area contributed by atoms with Crippen LogP contribution in [-0.2, 0) is 19.1 Å². The highest BCUT2D eigenvalue weighted by molar-refractivity contribution is 5.96. The predicted octanol–water partition coefficient (Wildman–Crippen LogP) is 3.18. The first kappa shape index (κ1) is 20.5. The zero-order chi connectivity index (χ0) is 18.3. The molecular formula is C18H31NO5. The first-order valence-electron chi connectivity index (χ1n) is 8.79. The molecule has 1 saturated heterocycles. The summed E-state index contributed by atoms with van der Waals surface area (Å²) in [4.78, 5) is 37.8. The van der Waals surface area contributed by atoms with Crippen LogP contribution in [-0.4, -0.2) is 49.0 Å². The van der Waals surface area contributed by atoms with E-state index in [-0.39, 0.29) is 42.3 Å². The molecule has 1 heterocycles. The molecule has 0 radical (unpaired) electrons. The lowest BCUT2D eigenvalue weighted by Crippen LogP contribution is -2.53. The number of ketones is 1. The molecule has 138 valence electrons. The van der Waals surface area contributed by atoms with E-state index >= 15 is 0 Å². The molecule has 2 atom stereocenters. The Kier molecular flexibility index (Phi) is 7.70. The minimum atomic E-state index is -0.470. The lowest BCUT2D eigenvalue weighted by atomic mass is 9.72. The minimum absolute atomic E-state index is 0.0743. The van der Waals surface area contributed by atoms with E-state index in [4.69, 9.17) is 9.47 Å². The molecule has 1 amide bonds. The van der Waals surface area contributed by atoms with Crippen molar-refractivity contribution in [1.82, 2.24) is 4.90 Å². The second-order valence-corrected chi connectivity index (χ2v) is 7.09. The zero-order valence-corrected chi connectivity index (χ0v) is 15.6. The van der Waals surface area contributed by atoms with Gasteiger partial charge in [0.05, 0.1) is 13.7 Å². The Balaban J connectivity index is 2.87. The molecule has 0 bridgehead atoms. The standard InChI is InChI=1S/C18H31NO5/c1-6-9-18(3,4)15-11-13(8-10-19(15)17(22)23-5)14(20)12-16(21)24-7-2/h13,15H,6-12H2,1-5H3. The van der Waals surface area contributed by atoms with Gasteiger partial charge >= 0.3 is 12.1 Å². The van der Waals surface area contributed by atoms with Crippen LogP contribution in [0.5, 0.6) is 0 Å². The van der Waals surface area contributed by atoms with Crippen LogP contribution < -0.4 is 0 Å². The van der Waals surface area contributed by atoms with Gasteiger partial charge in [-0.1, -0.05) is 27.2 Å². The lowest BCUT2D eigenvalue weighted by Gasteiger charge is -2.46. The predicted molar refractivity (Wildman–Crippen MR) is 90.6 cm³/mol. The van der Waals surface area contributed by atoms with Crippen molar-refractivity contribution in [2.45, 2.75) is 65.8 Å². The van der Waals surface area contributed by atoms with Gasteiger partial charge in [0, 0.05) is 18.5 Å². The van der Waals surface area contributed by atoms with E-state index in [1.807, 2.05) is 0 Å². The van der Waals surface area contributed by atoms with Crippen LogP contribution in [0.15, 0.2) is 0 Å². The summed E-state index contributed by atoms with van der Waals surface area (Å²) in [5.41, 5.74) is -0.119. The quantitative estimate of drug-likeness (QED) is 0.525. The van der Waals surface area contributed by atoms with Gasteiger partial charge in [0.1, 0.15) is 12.2 Å².